The average molecular weight is 394 g/mol. The minimum atomic E-state index is -0.904. The summed E-state index contributed by atoms with van der Waals surface area (Å²) in [5.74, 6) is -1.34. The van der Waals surface area contributed by atoms with E-state index in [0.29, 0.717) is 23.2 Å². The molecule has 0 aliphatic heterocycles. The van der Waals surface area contributed by atoms with E-state index in [1.807, 2.05) is 25.1 Å². The Labute approximate surface area is 149 Å². The first-order valence-corrected chi connectivity index (χ1v) is 8.77. The number of hydrogen-bond donors (Lipinski definition) is 1. The maximum absolute atomic E-state index is 12.5. The standard InChI is InChI=1S/C18H20BrNO4/c1-3-6-13-17(18(23)24-4-2)11(9-10-15(21)22)16-12(19)7-5-8-14(16)20-13/h5,7-8H,3-4,6,9-10H2,1-2H3,(H,21,22). The molecule has 24 heavy (non-hydrogen) atoms. The largest absolute Gasteiger partial charge is 0.481 e. The molecule has 2 aromatic rings. The zero-order valence-electron chi connectivity index (χ0n) is 13.8. The van der Waals surface area contributed by atoms with Crippen molar-refractivity contribution in [2.24, 2.45) is 0 Å². The van der Waals surface area contributed by atoms with E-state index >= 15 is 0 Å². The number of aliphatic carboxylic acids is 1. The van der Waals surface area contributed by atoms with Crippen molar-refractivity contribution in [1.29, 1.82) is 0 Å². The third-order valence-electron chi connectivity index (χ3n) is 3.69. The minimum Gasteiger partial charge on any atom is -0.481 e. The molecule has 128 valence electrons. The van der Waals surface area contributed by atoms with E-state index in [-0.39, 0.29) is 19.4 Å². The van der Waals surface area contributed by atoms with Crippen LogP contribution < -0.4 is 0 Å². The SMILES string of the molecule is CCCc1nc2cccc(Br)c2c(CCC(=O)O)c1C(=O)OCC. The summed E-state index contributed by atoms with van der Waals surface area (Å²) in [5, 5.41) is 9.86. The first-order chi connectivity index (χ1) is 11.5. The summed E-state index contributed by atoms with van der Waals surface area (Å²) in [5.41, 5.74) is 2.53. The molecular formula is C18H20BrNO4. The fourth-order valence-corrected chi connectivity index (χ4v) is 3.34. The van der Waals surface area contributed by atoms with Crippen molar-refractivity contribution in [3.05, 3.63) is 39.5 Å². The summed E-state index contributed by atoms with van der Waals surface area (Å²) in [6.07, 6.45) is 1.66. The van der Waals surface area contributed by atoms with Crippen LogP contribution in [-0.2, 0) is 22.4 Å². The lowest BCUT2D eigenvalue weighted by molar-refractivity contribution is -0.136. The number of nitrogens with zero attached hydrogens (tertiary/aromatic N) is 1. The molecular weight excluding hydrogens is 374 g/mol. The molecule has 0 aliphatic rings. The average Bonchev–Trinajstić information content (AvgIpc) is 2.52. The highest BCUT2D eigenvalue weighted by atomic mass is 79.9. The maximum atomic E-state index is 12.5. The number of fused-ring (bicyclic) bond motifs is 1. The Morgan fingerprint density at radius 1 is 1.25 bits per heavy atom. The van der Waals surface area contributed by atoms with E-state index < -0.39 is 11.9 Å². The molecule has 0 bridgehead atoms. The van der Waals surface area contributed by atoms with Gasteiger partial charge in [-0.1, -0.05) is 35.3 Å². The molecule has 5 nitrogen and oxygen atoms in total. The highest BCUT2D eigenvalue weighted by Gasteiger charge is 2.23. The second kappa shape index (κ2) is 8.24. The predicted octanol–water partition coefficient (Wildman–Crippen LogP) is 4.14. The van der Waals surface area contributed by atoms with Crippen LogP contribution in [0.3, 0.4) is 0 Å². The number of carboxylic acid groups (broad SMARTS) is 1. The van der Waals surface area contributed by atoms with Gasteiger partial charge in [-0.2, -0.15) is 0 Å². The summed E-state index contributed by atoms with van der Waals surface area (Å²) >= 11 is 3.50. The van der Waals surface area contributed by atoms with Gasteiger partial charge in [-0.25, -0.2) is 4.79 Å². The number of halogens is 1. The topological polar surface area (TPSA) is 76.5 Å². The Balaban J connectivity index is 2.76. The van der Waals surface area contributed by atoms with E-state index in [4.69, 9.17) is 9.84 Å². The van der Waals surface area contributed by atoms with Gasteiger partial charge in [0.2, 0.25) is 0 Å². The fraction of sp³-hybridized carbons (Fsp3) is 0.389. The Morgan fingerprint density at radius 3 is 2.62 bits per heavy atom. The molecule has 0 radical (unpaired) electrons. The molecule has 0 saturated carbocycles. The number of benzene rings is 1. The number of rotatable bonds is 7. The van der Waals surface area contributed by atoms with E-state index in [1.165, 1.54) is 0 Å². The number of esters is 1. The van der Waals surface area contributed by atoms with Crippen molar-refractivity contribution >= 4 is 38.8 Å². The second-order valence-electron chi connectivity index (χ2n) is 5.41. The first kappa shape index (κ1) is 18.4. The number of hydrogen-bond acceptors (Lipinski definition) is 4. The third-order valence-corrected chi connectivity index (χ3v) is 4.36. The normalized spacial score (nSPS) is 10.8. The molecule has 0 unspecified atom stereocenters. The van der Waals surface area contributed by atoms with Crippen molar-refractivity contribution in [3.8, 4) is 0 Å². The lowest BCUT2D eigenvalue weighted by Crippen LogP contribution is -2.15. The van der Waals surface area contributed by atoms with Gasteiger partial charge in [0.15, 0.2) is 0 Å². The van der Waals surface area contributed by atoms with Crippen molar-refractivity contribution in [2.45, 2.75) is 39.5 Å². The van der Waals surface area contributed by atoms with Crippen molar-refractivity contribution in [3.63, 3.8) is 0 Å². The van der Waals surface area contributed by atoms with Gasteiger partial charge in [-0.15, -0.1) is 0 Å². The second-order valence-corrected chi connectivity index (χ2v) is 6.26. The number of carbonyl (C=O) groups excluding carboxylic acids is 1. The molecule has 1 aromatic heterocycles. The van der Waals surface area contributed by atoms with Gasteiger partial charge < -0.3 is 9.84 Å². The molecule has 1 N–H and O–H groups in total. The highest BCUT2D eigenvalue weighted by Crippen LogP contribution is 2.32. The molecule has 0 amide bonds. The van der Waals surface area contributed by atoms with Crippen LogP contribution in [0.2, 0.25) is 0 Å². The Morgan fingerprint density at radius 2 is 2.00 bits per heavy atom. The molecule has 0 aliphatic carbocycles. The smallest absolute Gasteiger partial charge is 0.340 e. The van der Waals surface area contributed by atoms with Gasteiger partial charge in [0, 0.05) is 16.3 Å². The van der Waals surface area contributed by atoms with Crippen LogP contribution in [0.1, 0.15) is 48.3 Å². The summed E-state index contributed by atoms with van der Waals surface area (Å²) in [6.45, 7) is 4.02. The molecule has 0 atom stereocenters. The number of ether oxygens (including phenoxy) is 1. The first-order valence-electron chi connectivity index (χ1n) is 7.98. The van der Waals surface area contributed by atoms with Gasteiger partial charge in [-0.05, 0) is 37.5 Å². The monoisotopic (exact) mass is 393 g/mol. The quantitative estimate of drug-likeness (QED) is 0.715. The van der Waals surface area contributed by atoms with Crippen molar-refractivity contribution in [2.75, 3.05) is 6.61 Å². The van der Waals surface area contributed by atoms with Crippen LogP contribution in [0.15, 0.2) is 22.7 Å². The Bertz CT molecular complexity index is 773. The molecule has 1 aromatic carbocycles. The molecule has 1 heterocycles. The highest BCUT2D eigenvalue weighted by molar-refractivity contribution is 9.10. The number of carbonyl (C=O) groups is 2. The van der Waals surface area contributed by atoms with Crippen LogP contribution >= 0.6 is 15.9 Å². The van der Waals surface area contributed by atoms with Gasteiger partial charge in [0.25, 0.3) is 0 Å². The van der Waals surface area contributed by atoms with Crippen LogP contribution in [0.25, 0.3) is 10.9 Å². The summed E-state index contributed by atoms with van der Waals surface area (Å²) in [4.78, 5) is 28.2. The molecule has 2 rings (SSSR count). The zero-order valence-corrected chi connectivity index (χ0v) is 15.4. The Kier molecular flexibility index (Phi) is 6.31. The summed E-state index contributed by atoms with van der Waals surface area (Å²) < 4.78 is 6.00. The van der Waals surface area contributed by atoms with Gasteiger partial charge >= 0.3 is 11.9 Å². The molecule has 6 heteroatoms. The number of pyridine rings is 1. The van der Waals surface area contributed by atoms with Crippen LogP contribution in [0.5, 0.6) is 0 Å². The molecule has 0 fully saturated rings. The number of aryl methyl sites for hydroxylation is 2. The summed E-state index contributed by atoms with van der Waals surface area (Å²) in [7, 11) is 0. The zero-order chi connectivity index (χ0) is 17.7. The van der Waals surface area contributed by atoms with Crippen LogP contribution in [0, 0.1) is 0 Å². The number of aromatic nitrogens is 1. The van der Waals surface area contributed by atoms with Crippen molar-refractivity contribution in [1.82, 2.24) is 4.98 Å². The van der Waals surface area contributed by atoms with E-state index in [0.717, 1.165) is 21.8 Å². The van der Waals surface area contributed by atoms with E-state index in [2.05, 4.69) is 20.9 Å². The number of carboxylic acids is 1. The van der Waals surface area contributed by atoms with E-state index in [1.54, 1.807) is 6.92 Å². The fourth-order valence-electron chi connectivity index (χ4n) is 2.75. The lowest BCUT2D eigenvalue weighted by Gasteiger charge is -2.16. The third kappa shape index (κ3) is 3.93. The molecule has 0 saturated heterocycles. The van der Waals surface area contributed by atoms with Gasteiger partial charge in [-0.3, -0.25) is 9.78 Å². The van der Waals surface area contributed by atoms with Crippen molar-refractivity contribution < 1.29 is 19.4 Å². The Hall–Kier alpha value is -1.95. The minimum absolute atomic E-state index is 0.0571. The molecule has 0 spiro atoms. The van der Waals surface area contributed by atoms with Gasteiger partial charge in [0.1, 0.15) is 0 Å². The maximum Gasteiger partial charge on any atom is 0.340 e. The van der Waals surface area contributed by atoms with Crippen LogP contribution in [0.4, 0.5) is 0 Å². The summed E-state index contributed by atoms with van der Waals surface area (Å²) in [6, 6.07) is 5.61. The van der Waals surface area contributed by atoms with E-state index in [9.17, 15) is 9.59 Å². The van der Waals surface area contributed by atoms with Gasteiger partial charge in [0.05, 0.1) is 23.4 Å². The van der Waals surface area contributed by atoms with Crippen LogP contribution in [-0.4, -0.2) is 28.6 Å². The predicted molar refractivity (Wildman–Crippen MR) is 95.4 cm³/mol. The lowest BCUT2D eigenvalue weighted by atomic mass is 9.95.